The number of guanidine groups is 1. The number of ether oxygens (including phenoxy) is 1. The molecule has 0 aliphatic rings. The third-order valence-corrected chi connectivity index (χ3v) is 1.35. The van der Waals surface area contributed by atoms with Crippen LogP contribution < -0.4 is 11.1 Å². The van der Waals surface area contributed by atoms with Crippen molar-refractivity contribution in [3.63, 3.8) is 0 Å². The standard InChI is InChI=1S/C5H13N3O2.C4H6O4/c6-5(7)8-1-3-10-4-2-9;5-3(6)1-2-4(7)8/h9H,1-4H2,(H4,6,7,8);1-2H2,(H,5,6)(H,7,8). The van der Waals surface area contributed by atoms with Crippen molar-refractivity contribution in [1.82, 2.24) is 5.32 Å². The fourth-order valence-electron chi connectivity index (χ4n) is 0.638. The van der Waals surface area contributed by atoms with Crippen LogP contribution in [0.4, 0.5) is 0 Å². The molecule has 0 amide bonds. The fraction of sp³-hybridized carbons (Fsp3) is 0.667. The molecule has 0 radical (unpaired) electrons. The molecule has 0 atom stereocenters. The lowest BCUT2D eigenvalue weighted by molar-refractivity contribution is -0.143. The number of rotatable bonds is 8. The minimum atomic E-state index is -1.08. The smallest absolute Gasteiger partial charge is 0.303 e. The number of hydrogen-bond donors (Lipinski definition) is 6. The van der Waals surface area contributed by atoms with E-state index in [1.807, 2.05) is 0 Å². The average Bonchev–Trinajstić information content (AvgIpc) is 2.26. The molecule has 0 unspecified atom stereocenters. The van der Waals surface area contributed by atoms with Crippen molar-refractivity contribution in [2.45, 2.75) is 12.8 Å². The number of carboxylic acid groups (broad SMARTS) is 2. The molecule has 0 saturated heterocycles. The van der Waals surface area contributed by atoms with Gasteiger partial charge in [-0.15, -0.1) is 0 Å². The zero-order valence-corrected chi connectivity index (χ0v) is 9.89. The molecule has 106 valence electrons. The summed E-state index contributed by atoms with van der Waals surface area (Å²) < 4.78 is 4.87. The van der Waals surface area contributed by atoms with Crippen LogP contribution >= 0.6 is 0 Å². The Hall–Kier alpha value is -1.87. The molecule has 0 fully saturated rings. The lowest BCUT2D eigenvalue weighted by Gasteiger charge is -2.02. The van der Waals surface area contributed by atoms with Crippen molar-refractivity contribution in [3.8, 4) is 0 Å². The Kier molecular flexibility index (Phi) is 13.6. The lowest BCUT2D eigenvalue weighted by atomic mass is 10.3. The predicted molar refractivity (Wildman–Crippen MR) is 62.3 cm³/mol. The molecule has 0 aromatic heterocycles. The first-order valence-electron chi connectivity index (χ1n) is 5.10. The summed E-state index contributed by atoms with van der Waals surface area (Å²) in [5.41, 5.74) is 4.97. The quantitative estimate of drug-likeness (QED) is 0.173. The van der Waals surface area contributed by atoms with Crippen LogP contribution in [0.25, 0.3) is 0 Å². The maximum atomic E-state index is 9.64. The van der Waals surface area contributed by atoms with Crippen molar-refractivity contribution in [3.05, 3.63) is 0 Å². The van der Waals surface area contributed by atoms with E-state index in [0.29, 0.717) is 19.8 Å². The summed E-state index contributed by atoms with van der Waals surface area (Å²) in [7, 11) is 0. The zero-order chi connectivity index (χ0) is 14.4. The predicted octanol–water partition coefficient (Wildman–Crippen LogP) is -1.59. The Morgan fingerprint density at radius 1 is 1.17 bits per heavy atom. The lowest BCUT2D eigenvalue weighted by Crippen LogP contribution is -2.33. The third kappa shape index (κ3) is 23.7. The number of carbonyl (C=O) groups is 2. The van der Waals surface area contributed by atoms with Crippen LogP contribution in [0.2, 0.25) is 0 Å². The number of aliphatic hydroxyl groups is 1. The van der Waals surface area contributed by atoms with E-state index in [1.165, 1.54) is 0 Å². The number of aliphatic carboxylic acids is 2. The van der Waals surface area contributed by atoms with E-state index < -0.39 is 11.9 Å². The Labute approximate surface area is 104 Å². The molecule has 9 nitrogen and oxygen atoms in total. The number of nitrogens with one attached hydrogen (secondary N) is 2. The highest BCUT2D eigenvalue weighted by Gasteiger charge is 2.00. The topological polar surface area (TPSA) is 166 Å². The Morgan fingerprint density at radius 2 is 1.67 bits per heavy atom. The maximum Gasteiger partial charge on any atom is 0.303 e. The van der Waals surface area contributed by atoms with E-state index in [2.05, 4.69) is 5.32 Å². The van der Waals surface area contributed by atoms with Crippen LogP contribution in [0, 0.1) is 5.41 Å². The first-order chi connectivity index (χ1) is 8.40. The molecule has 9 heteroatoms. The van der Waals surface area contributed by atoms with Gasteiger partial charge in [0, 0.05) is 6.54 Å². The van der Waals surface area contributed by atoms with Crippen molar-refractivity contribution in [1.29, 1.82) is 5.41 Å². The second-order valence-electron chi connectivity index (χ2n) is 2.96. The number of aliphatic hydroxyl groups excluding tert-OH is 1. The van der Waals surface area contributed by atoms with Crippen LogP contribution in [0.3, 0.4) is 0 Å². The summed E-state index contributed by atoms with van der Waals surface area (Å²) in [6.07, 6.45) is -0.593. The van der Waals surface area contributed by atoms with Gasteiger partial charge in [-0.1, -0.05) is 0 Å². The van der Waals surface area contributed by atoms with Crippen LogP contribution in [0.5, 0.6) is 0 Å². The van der Waals surface area contributed by atoms with Gasteiger partial charge in [-0.05, 0) is 0 Å². The van der Waals surface area contributed by atoms with Gasteiger partial charge in [0.2, 0.25) is 0 Å². The van der Waals surface area contributed by atoms with Crippen LogP contribution in [0.15, 0.2) is 0 Å². The molecule has 0 aromatic carbocycles. The first-order valence-corrected chi connectivity index (χ1v) is 5.10. The van der Waals surface area contributed by atoms with Gasteiger partial charge in [0.25, 0.3) is 0 Å². The Balaban J connectivity index is 0. The molecule has 0 spiro atoms. The van der Waals surface area contributed by atoms with Gasteiger partial charge in [0.15, 0.2) is 5.96 Å². The summed E-state index contributed by atoms with van der Waals surface area (Å²) in [5, 5.41) is 33.4. The largest absolute Gasteiger partial charge is 0.481 e. The highest BCUT2D eigenvalue weighted by Crippen LogP contribution is 1.86. The van der Waals surface area contributed by atoms with E-state index in [1.54, 1.807) is 0 Å². The van der Waals surface area contributed by atoms with Gasteiger partial charge >= 0.3 is 11.9 Å². The van der Waals surface area contributed by atoms with Crippen LogP contribution in [-0.4, -0.2) is 59.6 Å². The molecular formula is C9H19N3O6. The first kappa shape index (κ1) is 18.5. The molecule has 0 saturated carbocycles. The minimum absolute atomic E-state index is 0.0278. The summed E-state index contributed by atoms with van der Waals surface area (Å²) >= 11 is 0. The van der Waals surface area contributed by atoms with Crippen LogP contribution in [0.1, 0.15) is 12.8 Å². The Bertz CT molecular complexity index is 245. The molecule has 0 bridgehead atoms. The molecule has 18 heavy (non-hydrogen) atoms. The molecular weight excluding hydrogens is 246 g/mol. The molecule has 0 aliphatic heterocycles. The summed E-state index contributed by atoms with van der Waals surface area (Å²) in [4.78, 5) is 19.3. The van der Waals surface area contributed by atoms with Gasteiger partial charge in [-0.2, -0.15) is 0 Å². The van der Waals surface area contributed by atoms with Crippen molar-refractivity contribution in [2.75, 3.05) is 26.4 Å². The van der Waals surface area contributed by atoms with Crippen LogP contribution in [-0.2, 0) is 14.3 Å². The monoisotopic (exact) mass is 265 g/mol. The minimum Gasteiger partial charge on any atom is -0.481 e. The Morgan fingerprint density at radius 3 is 2.00 bits per heavy atom. The molecule has 0 aromatic rings. The summed E-state index contributed by atoms with van der Waals surface area (Å²) in [6, 6.07) is 0. The highest BCUT2D eigenvalue weighted by molar-refractivity contribution is 5.75. The van der Waals surface area contributed by atoms with E-state index >= 15 is 0 Å². The SMILES string of the molecule is N=C(N)NCCOCCO.O=C(O)CCC(=O)O. The molecule has 0 heterocycles. The van der Waals surface area contributed by atoms with Crippen molar-refractivity contribution < 1.29 is 29.6 Å². The van der Waals surface area contributed by atoms with Gasteiger partial charge in [0.1, 0.15) is 0 Å². The molecule has 0 aliphatic carbocycles. The second-order valence-corrected chi connectivity index (χ2v) is 2.96. The third-order valence-electron chi connectivity index (χ3n) is 1.35. The van der Waals surface area contributed by atoms with Crippen molar-refractivity contribution >= 4 is 17.9 Å². The molecule has 0 rings (SSSR count). The number of carboxylic acids is 2. The van der Waals surface area contributed by atoms with Crippen molar-refractivity contribution in [2.24, 2.45) is 5.73 Å². The van der Waals surface area contributed by atoms with Gasteiger partial charge in [-0.3, -0.25) is 15.0 Å². The summed E-state index contributed by atoms with van der Waals surface area (Å²) in [5.74, 6) is -2.22. The van der Waals surface area contributed by atoms with E-state index in [9.17, 15) is 9.59 Å². The number of hydrogen-bond acceptors (Lipinski definition) is 5. The zero-order valence-electron chi connectivity index (χ0n) is 9.89. The molecule has 7 N–H and O–H groups in total. The van der Waals surface area contributed by atoms with Gasteiger partial charge in [-0.25, -0.2) is 0 Å². The van der Waals surface area contributed by atoms with E-state index in [4.69, 9.17) is 31.2 Å². The second kappa shape index (κ2) is 13.2. The van der Waals surface area contributed by atoms with Gasteiger partial charge < -0.3 is 31.1 Å². The summed E-state index contributed by atoms with van der Waals surface area (Å²) in [6.45, 7) is 1.33. The number of nitrogens with two attached hydrogens (primary N) is 1. The van der Waals surface area contributed by atoms with E-state index in [0.717, 1.165) is 0 Å². The average molecular weight is 265 g/mol. The maximum absolute atomic E-state index is 9.64. The van der Waals surface area contributed by atoms with E-state index in [-0.39, 0.29) is 25.4 Å². The fourth-order valence-corrected chi connectivity index (χ4v) is 0.638. The highest BCUT2D eigenvalue weighted by atomic mass is 16.5. The van der Waals surface area contributed by atoms with Gasteiger partial charge in [0.05, 0.1) is 32.7 Å². The normalized spacial score (nSPS) is 8.94.